The van der Waals surface area contributed by atoms with Crippen molar-refractivity contribution < 1.29 is 4.79 Å². The smallest absolute Gasteiger partial charge is 0.224 e. The molecule has 0 fully saturated rings. The van der Waals surface area contributed by atoms with Crippen molar-refractivity contribution in [2.45, 2.75) is 95.8 Å². The van der Waals surface area contributed by atoms with Crippen LogP contribution in [0.4, 0.5) is 0 Å². The Bertz CT molecular complexity index is 687. The molecule has 0 aliphatic carbocycles. The van der Waals surface area contributed by atoms with Crippen LogP contribution in [-0.2, 0) is 12.8 Å². The van der Waals surface area contributed by atoms with Crippen molar-refractivity contribution in [3.8, 4) is 0 Å². The Balaban J connectivity index is 1.74. The van der Waals surface area contributed by atoms with Crippen LogP contribution in [0.3, 0.4) is 0 Å². The number of unbranched alkanes of at least 4 members (excludes halogenated alkanes) is 8. The van der Waals surface area contributed by atoms with Gasteiger partial charge in [0.25, 0.3) is 0 Å². The highest BCUT2D eigenvalue weighted by Gasteiger charge is 2.08. The third kappa shape index (κ3) is 9.67. The standard InChI is InChI=1S/C27H38OS/c1-3-5-7-9-11-13-23-15-19-25(20-16-23)27(28)29-26-21-17-24(18-22-26)14-12-10-8-6-4-2/h15-22H,3-14H2,1-2H3. The summed E-state index contributed by atoms with van der Waals surface area (Å²) in [7, 11) is 0. The fourth-order valence-corrected chi connectivity index (χ4v) is 4.30. The molecule has 0 saturated heterocycles. The van der Waals surface area contributed by atoms with E-state index in [4.69, 9.17) is 0 Å². The molecular formula is C27H38OS. The van der Waals surface area contributed by atoms with Crippen LogP contribution in [0.15, 0.2) is 53.4 Å². The molecule has 0 N–H and O–H groups in total. The van der Waals surface area contributed by atoms with Crippen LogP contribution >= 0.6 is 11.8 Å². The minimum Gasteiger partial charge on any atom is -0.281 e. The summed E-state index contributed by atoms with van der Waals surface area (Å²) in [6.07, 6.45) is 15.3. The zero-order chi connectivity index (χ0) is 20.7. The quantitative estimate of drug-likeness (QED) is 0.229. The summed E-state index contributed by atoms with van der Waals surface area (Å²) in [5.41, 5.74) is 3.51. The average molecular weight is 411 g/mol. The topological polar surface area (TPSA) is 17.1 Å². The van der Waals surface area contributed by atoms with Crippen molar-refractivity contribution in [2.75, 3.05) is 0 Å². The van der Waals surface area contributed by atoms with Gasteiger partial charge in [0.1, 0.15) is 0 Å². The summed E-state index contributed by atoms with van der Waals surface area (Å²) in [5, 5.41) is 0.131. The molecule has 29 heavy (non-hydrogen) atoms. The molecule has 0 aromatic heterocycles. The molecular weight excluding hydrogens is 372 g/mol. The number of hydrogen-bond donors (Lipinski definition) is 0. The molecule has 0 unspecified atom stereocenters. The maximum Gasteiger partial charge on any atom is 0.224 e. The van der Waals surface area contributed by atoms with E-state index in [1.807, 2.05) is 12.1 Å². The number of rotatable bonds is 14. The van der Waals surface area contributed by atoms with Crippen LogP contribution in [0.1, 0.15) is 99.5 Å². The van der Waals surface area contributed by atoms with Gasteiger partial charge < -0.3 is 0 Å². The van der Waals surface area contributed by atoms with E-state index < -0.39 is 0 Å². The summed E-state index contributed by atoms with van der Waals surface area (Å²) in [6, 6.07) is 16.8. The summed E-state index contributed by atoms with van der Waals surface area (Å²) in [5.74, 6) is 0. The molecule has 0 bridgehead atoms. The van der Waals surface area contributed by atoms with Gasteiger partial charge in [-0.2, -0.15) is 0 Å². The minimum absolute atomic E-state index is 0.131. The van der Waals surface area contributed by atoms with E-state index in [1.165, 1.54) is 87.1 Å². The fourth-order valence-electron chi connectivity index (χ4n) is 3.56. The number of hydrogen-bond acceptors (Lipinski definition) is 2. The predicted octanol–water partition coefficient (Wildman–Crippen LogP) is 8.64. The lowest BCUT2D eigenvalue weighted by molar-refractivity contribution is 0.108. The minimum atomic E-state index is 0.131. The van der Waals surface area contributed by atoms with Gasteiger partial charge in [0.05, 0.1) is 0 Å². The number of thioether (sulfide) groups is 1. The van der Waals surface area contributed by atoms with Crippen LogP contribution in [0.25, 0.3) is 0 Å². The van der Waals surface area contributed by atoms with Crippen LogP contribution in [0.5, 0.6) is 0 Å². The van der Waals surface area contributed by atoms with Gasteiger partial charge in [-0.3, -0.25) is 4.79 Å². The normalized spacial score (nSPS) is 11.0. The molecule has 0 aliphatic rings. The second kappa shape index (κ2) is 14.4. The van der Waals surface area contributed by atoms with Crippen LogP contribution in [0, 0.1) is 0 Å². The maximum atomic E-state index is 12.6. The summed E-state index contributed by atoms with van der Waals surface area (Å²) >= 11 is 1.33. The number of aryl methyl sites for hydroxylation is 2. The van der Waals surface area contributed by atoms with E-state index in [-0.39, 0.29) is 5.12 Å². The van der Waals surface area contributed by atoms with E-state index in [0.29, 0.717) is 0 Å². The van der Waals surface area contributed by atoms with Crippen LogP contribution < -0.4 is 0 Å². The molecule has 0 radical (unpaired) electrons. The molecule has 158 valence electrons. The molecule has 2 heteroatoms. The molecule has 0 saturated carbocycles. The first-order valence-electron chi connectivity index (χ1n) is 11.6. The summed E-state index contributed by atoms with van der Waals surface area (Å²) in [4.78, 5) is 13.6. The van der Waals surface area contributed by atoms with Crippen molar-refractivity contribution in [2.24, 2.45) is 0 Å². The summed E-state index contributed by atoms with van der Waals surface area (Å²) in [6.45, 7) is 4.50. The van der Waals surface area contributed by atoms with E-state index in [2.05, 4.69) is 50.2 Å². The van der Waals surface area contributed by atoms with Crippen molar-refractivity contribution >= 4 is 16.9 Å². The van der Waals surface area contributed by atoms with E-state index >= 15 is 0 Å². The molecule has 0 spiro atoms. The lowest BCUT2D eigenvalue weighted by Crippen LogP contribution is -1.95. The van der Waals surface area contributed by atoms with Gasteiger partial charge in [-0.15, -0.1) is 0 Å². The van der Waals surface area contributed by atoms with E-state index in [0.717, 1.165) is 23.3 Å². The maximum absolute atomic E-state index is 12.6. The van der Waals surface area contributed by atoms with Crippen LogP contribution in [0.2, 0.25) is 0 Å². The largest absolute Gasteiger partial charge is 0.281 e. The van der Waals surface area contributed by atoms with Crippen LogP contribution in [-0.4, -0.2) is 5.12 Å². The van der Waals surface area contributed by atoms with Gasteiger partial charge in [-0.05, 0) is 60.7 Å². The first-order valence-corrected chi connectivity index (χ1v) is 12.4. The van der Waals surface area contributed by atoms with Gasteiger partial charge >= 0.3 is 0 Å². The fraction of sp³-hybridized carbons (Fsp3) is 0.519. The van der Waals surface area contributed by atoms with Crippen molar-refractivity contribution in [3.05, 3.63) is 65.2 Å². The Kier molecular flexibility index (Phi) is 11.8. The Labute approximate surface area is 182 Å². The first-order chi connectivity index (χ1) is 14.2. The Morgan fingerprint density at radius 2 is 1.07 bits per heavy atom. The molecule has 0 heterocycles. The highest BCUT2D eigenvalue weighted by atomic mass is 32.2. The molecule has 1 nitrogen and oxygen atoms in total. The Morgan fingerprint density at radius 1 is 0.621 bits per heavy atom. The van der Waals surface area contributed by atoms with Gasteiger partial charge in [0, 0.05) is 10.5 Å². The van der Waals surface area contributed by atoms with Gasteiger partial charge in [0.15, 0.2) is 0 Å². The van der Waals surface area contributed by atoms with E-state index in [1.54, 1.807) is 0 Å². The Morgan fingerprint density at radius 3 is 1.55 bits per heavy atom. The van der Waals surface area contributed by atoms with Crippen molar-refractivity contribution in [1.82, 2.24) is 0 Å². The highest BCUT2D eigenvalue weighted by molar-refractivity contribution is 8.14. The predicted molar refractivity (Wildman–Crippen MR) is 128 cm³/mol. The molecule has 2 aromatic rings. The van der Waals surface area contributed by atoms with E-state index in [9.17, 15) is 4.79 Å². The summed E-state index contributed by atoms with van der Waals surface area (Å²) < 4.78 is 0. The van der Waals surface area contributed by atoms with Gasteiger partial charge in [-0.1, -0.05) is 102 Å². The van der Waals surface area contributed by atoms with Gasteiger partial charge in [-0.25, -0.2) is 0 Å². The monoisotopic (exact) mass is 410 g/mol. The average Bonchev–Trinajstić information content (AvgIpc) is 2.75. The lowest BCUT2D eigenvalue weighted by Gasteiger charge is -2.06. The highest BCUT2D eigenvalue weighted by Crippen LogP contribution is 2.24. The third-order valence-electron chi connectivity index (χ3n) is 5.46. The van der Waals surface area contributed by atoms with Crippen molar-refractivity contribution in [1.29, 1.82) is 0 Å². The number of carbonyl (C=O) groups is 1. The SMILES string of the molecule is CCCCCCCc1ccc(SC(=O)c2ccc(CCCCCCC)cc2)cc1. The lowest BCUT2D eigenvalue weighted by atomic mass is 10.0. The molecule has 2 rings (SSSR count). The van der Waals surface area contributed by atoms with Gasteiger partial charge in [0.2, 0.25) is 5.12 Å². The number of carbonyl (C=O) groups excluding carboxylic acids is 1. The second-order valence-electron chi connectivity index (χ2n) is 8.06. The third-order valence-corrected chi connectivity index (χ3v) is 6.39. The Hall–Kier alpha value is -1.54. The molecule has 0 atom stereocenters. The zero-order valence-electron chi connectivity index (χ0n) is 18.4. The first kappa shape index (κ1) is 23.7. The molecule has 0 amide bonds. The second-order valence-corrected chi connectivity index (χ2v) is 9.11. The van der Waals surface area contributed by atoms with Crippen molar-refractivity contribution in [3.63, 3.8) is 0 Å². The number of benzene rings is 2. The molecule has 0 aliphatic heterocycles. The molecule has 2 aromatic carbocycles. The zero-order valence-corrected chi connectivity index (χ0v) is 19.2.